The molecule has 0 saturated carbocycles. The van der Waals surface area contributed by atoms with Crippen LogP contribution in [-0.2, 0) is 33.7 Å². The number of rotatable bonds is 19. The van der Waals surface area contributed by atoms with E-state index in [-0.39, 0.29) is 49.0 Å². The summed E-state index contributed by atoms with van der Waals surface area (Å²) in [6.07, 6.45) is -1.99. The number of ether oxygens (including phenoxy) is 5. The smallest absolute Gasteiger partial charge is 0.280 e. The third kappa shape index (κ3) is 9.38. The fraction of sp³-hybridized carbons (Fsp3) is 0.419. The van der Waals surface area contributed by atoms with Gasteiger partial charge < -0.3 is 37.6 Å². The summed E-state index contributed by atoms with van der Waals surface area (Å²) in [6.45, 7) is 17.2. The van der Waals surface area contributed by atoms with Crippen LogP contribution in [0.1, 0.15) is 57.5 Å². The fourth-order valence-corrected chi connectivity index (χ4v) is 9.22. The van der Waals surface area contributed by atoms with Gasteiger partial charge in [0.25, 0.3) is 14.1 Å². The first-order valence-electron chi connectivity index (χ1n) is 19.6. The number of methoxy groups -OCH3 is 3. The fourth-order valence-electron chi connectivity index (χ4n) is 7.46. The average Bonchev–Trinajstić information content (AvgIpc) is 3.82. The Balaban J connectivity index is 1.50. The first-order chi connectivity index (χ1) is 28.9. The van der Waals surface area contributed by atoms with E-state index in [1.807, 2.05) is 78.9 Å². The van der Waals surface area contributed by atoms with Crippen molar-refractivity contribution in [3.8, 4) is 11.5 Å². The highest BCUT2D eigenvalue weighted by Gasteiger charge is 2.51. The maximum Gasteiger partial charge on any atom is 0.280 e. The van der Waals surface area contributed by atoms with Gasteiger partial charge in [0, 0.05) is 26.1 Å². The second-order valence-electron chi connectivity index (χ2n) is 14.6. The molecule has 2 aromatic heterocycles. The number of aromatic amines is 1. The molecule has 0 spiro atoms. The van der Waals surface area contributed by atoms with Crippen molar-refractivity contribution < 1.29 is 37.5 Å². The molecular weight excluding hydrogens is 789 g/mol. The summed E-state index contributed by atoms with van der Waals surface area (Å²) in [6, 6.07) is 25.4. The molecule has 0 aliphatic carbocycles. The predicted octanol–water partition coefficient (Wildman–Crippen LogP) is 6.68. The third-order valence-corrected chi connectivity index (χ3v) is 12.2. The molecule has 1 aliphatic rings. The molecule has 60 heavy (non-hydrogen) atoms. The SMILES string of the molecule is [C-]#[N+]CCOP(OC1[C@@H](OC)[C@H](n2cnc3c(=O)[nH]c(NC(C)=O)nc32)O[C@@H]1COC(c1ccccc1)(c1ccc(OC)cc1)c1ccc(OC)cc1)N(C(C)C)C(C)C. The molecule has 1 amide bonds. The van der Waals surface area contributed by atoms with Crippen molar-refractivity contribution >= 4 is 31.5 Å². The van der Waals surface area contributed by atoms with Crippen molar-refractivity contribution in [3.63, 3.8) is 0 Å². The largest absolute Gasteiger partial charge is 0.497 e. The maximum absolute atomic E-state index is 13.2. The molecule has 1 saturated heterocycles. The lowest BCUT2D eigenvalue weighted by atomic mass is 9.80. The highest BCUT2D eigenvalue weighted by Crippen LogP contribution is 2.51. The predicted molar refractivity (Wildman–Crippen MR) is 227 cm³/mol. The van der Waals surface area contributed by atoms with Crippen LogP contribution in [0.5, 0.6) is 11.5 Å². The van der Waals surface area contributed by atoms with Crippen LogP contribution in [0.2, 0.25) is 0 Å². The van der Waals surface area contributed by atoms with Gasteiger partial charge in [-0.3, -0.25) is 24.5 Å². The maximum atomic E-state index is 13.2. The molecule has 5 atom stereocenters. The highest BCUT2D eigenvalue weighted by molar-refractivity contribution is 7.44. The highest BCUT2D eigenvalue weighted by atomic mass is 31.2. The lowest BCUT2D eigenvalue weighted by molar-refractivity contribution is -0.114. The Morgan fingerprint density at radius 1 is 0.950 bits per heavy atom. The van der Waals surface area contributed by atoms with Gasteiger partial charge in [0.05, 0.1) is 27.2 Å². The van der Waals surface area contributed by atoms with Gasteiger partial charge in [-0.15, -0.1) is 0 Å². The van der Waals surface area contributed by atoms with E-state index >= 15 is 0 Å². The minimum atomic E-state index is -1.79. The summed E-state index contributed by atoms with van der Waals surface area (Å²) in [5.41, 5.74) is 0.941. The van der Waals surface area contributed by atoms with E-state index in [1.165, 1.54) is 13.3 Å². The standard InChI is InChI=1S/C43H52N7O9P/c1-27(2)50(28(3)4)60(57-24-23-44-6)59-37-35(58-41(38(37)55-9)49-26-45-36-39(49)47-42(46-29(5)51)48-40(36)52)25-56-43(30-13-11-10-12-14-30,31-15-19-33(53-7)20-16-31)32-17-21-34(54-8)22-18-32/h10-22,26-28,35,37-38,41H,23-25H2,1-5,7-9H3,(H2,46,47,48,51,52)/t35-,37?,38-,41-,60?/m1/s1. The Bertz CT molecular complexity index is 2230. The molecule has 5 aromatic rings. The number of amides is 1. The number of aromatic nitrogens is 4. The van der Waals surface area contributed by atoms with E-state index < -0.39 is 50.1 Å². The Labute approximate surface area is 350 Å². The summed E-state index contributed by atoms with van der Waals surface area (Å²) in [5.74, 6) is 0.904. The molecule has 3 heterocycles. The van der Waals surface area contributed by atoms with Crippen molar-refractivity contribution in [1.29, 1.82) is 0 Å². The summed E-state index contributed by atoms with van der Waals surface area (Å²) in [7, 11) is 3.00. The molecule has 16 nitrogen and oxygen atoms in total. The van der Waals surface area contributed by atoms with Crippen LogP contribution in [-0.4, -0.2) is 102 Å². The van der Waals surface area contributed by atoms with E-state index in [2.05, 4.69) is 57.5 Å². The van der Waals surface area contributed by atoms with Crippen LogP contribution in [0.3, 0.4) is 0 Å². The molecule has 1 fully saturated rings. The second-order valence-corrected chi connectivity index (χ2v) is 16.0. The van der Waals surface area contributed by atoms with Crippen LogP contribution in [0, 0.1) is 6.57 Å². The topological polar surface area (TPSA) is 165 Å². The van der Waals surface area contributed by atoms with Crippen molar-refractivity contribution in [2.75, 3.05) is 46.4 Å². The van der Waals surface area contributed by atoms with Crippen LogP contribution >= 0.6 is 8.53 Å². The van der Waals surface area contributed by atoms with Crippen molar-refractivity contribution in [2.24, 2.45) is 0 Å². The number of carbonyl (C=O) groups excluding carboxylic acids is 1. The van der Waals surface area contributed by atoms with Gasteiger partial charge in [-0.2, -0.15) is 4.98 Å². The molecule has 3 aromatic carbocycles. The average molecular weight is 842 g/mol. The zero-order valence-corrected chi connectivity index (χ0v) is 35.9. The molecule has 1 aliphatic heterocycles. The first kappa shape index (κ1) is 44.3. The molecule has 2 N–H and O–H groups in total. The van der Waals surface area contributed by atoms with Crippen LogP contribution in [0.15, 0.2) is 90.0 Å². The normalized spacial score (nSPS) is 18.6. The van der Waals surface area contributed by atoms with Gasteiger partial charge in [0.2, 0.25) is 18.4 Å². The van der Waals surface area contributed by atoms with Crippen LogP contribution in [0.4, 0.5) is 5.95 Å². The number of hydrogen-bond donors (Lipinski definition) is 2. The Hall–Kier alpha value is -5.24. The van der Waals surface area contributed by atoms with E-state index in [4.69, 9.17) is 39.3 Å². The lowest BCUT2D eigenvalue weighted by Crippen LogP contribution is -2.42. The minimum absolute atomic E-state index is 0.00875. The van der Waals surface area contributed by atoms with Gasteiger partial charge in [0.1, 0.15) is 42.0 Å². The van der Waals surface area contributed by atoms with E-state index in [0.29, 0.717) is 11.5 Å². The van der Waals surface area contributed by atoms with Crippen molar-refractivity contribution in [3.05, 3.63) is 124 Å². The summed E-state index contributed by atoms with van der Waals surface area (Å²) < 4.78 is 48.8. The number of benzene rings is 3. The third-order valence-electron chi connectivity index (χ3n) is 10.1. The monoisotopic (exact) mass is 841 g/mol. The van der Waals surface area contributed by atoms with Crippen molar-refractivity contribution in [1.82, 2.24) is 24.2 Å². The molecular formula is C43H52N7O9P. The summed E-state index contributed by atoms with van der Waals surface area (Å²) in [4.78, 5) is 40.1. The number of nitrogens with one attached hydrogen (secondary N) is 2. The Morgan fingerprint density at radius 2 is 1.55 bits per heavy atom. The molecule has 17 heteroatoms. The van der Waals surface area contributed by atoms with Gasteiger partial charge in [-0.25, -0.2) is 16.2 Å². The van der Waals surface area contributed by atoms with E-state index in [1.54, 1.807) is 25.9 Å². The number of hydrogen-bond acceptors (Lipinski definition) is 12. The van der Waals surface area contributed by atoms with Crippen LogP contribution in [0.25, 0.3) is 16.0 Å². The van der Waals surface area contributed by atoms with E-state index in [9.17, 15) is 9.59 Å². The van der Waals surface area contributed by atoms with Gasteiger partial charge in [-0.05, 0) is 68.7 Å². The molecule has 6 rings (SSSR count). The first-order valence-corrected chi connectivity index (χ1v) is 20.7. The van der Waals surface area contributed by atoms with Crippen LogP contribution < -0.4 is 20.3 Å². The number of anilines is 1. The van der Waals surface area contributed by atoms with Gasteiger partial charge in [-0.1, -0.05) is 54.6 Å². The minimum Gasteiger partial charge on any atom is -0.497 e. The lowest BCUT2D eigenvalue weighted by Gasteiger charge is -2.39. The Morgan fingerprint density at radius 3 is 2.08 bits per heavy atom. The Kier molecular flexibility index (Phi) is 14.7. The second kappa shape index (κ2) is 19.9. The zero-order valence-electron chi connectivity index (χ0n) is 35.0. The van der Waals surface area contributed by atoms with Gasteiger partial charge >= 0.3 is 0 Å². The molecule has 0 bridgehead atoms. The quantitative estimate of drug-likeness (QED) is 0.0393. The summed E-state index contributed by atoms with van der Waals surface area (Å²) in [5, 5.41) is 2.55. The molecule has 0 radical (unpaired) electrons. The van der Waals surface area contributed by atoms with Gasteiger partial charge in [0.15, 0.2) is 17.4 Å². The number of carbonyl (C=O) groups is 1. The summed E-state index contributed by atoms with van der Waals surface area (Å²) >= 11 is 0. The van der Waals surface area contributed by atoms with E-state index in [0.717, 1.165) is 16.7 Å². The number of nitrogens with zero attached hydrogens (tertiary/aromatic N) is 5. The molecule has 318 valence electrons. The van der Waals surface area contributed by atoms with Crippen molar-refractivity contribution in [2.45, 2.75) is 76.8 Å². The number of fused-ring (bicyclic) bond motifs is 1. The zero-order chi connectivity index (χ0) is 43.0. The number of imidazole rings is 1. The molecule has 2 unspecified atom stereocenters. The number of H-pyrrole nitrogens is 1.